The Morgan fingerprint density at radius 2 is 1.75 bits per heavy atom. The average molecular weight is 273 g/mol. The second kappa shape index (κ2) is 5.57. The molecule has 108 valence electrons. The van der Waals surface area contributed by atoms with E-state index < -0.39 is 0 Å². The molecule has 3 rings (SSSR count). The Balaban J connectivity index is 1.68. The maximum absolute atomic E-state index is 12.7. The minimum Gasteiger partial charge on any atom is -0.391 e. The SMILES string of the molecule is CN(C(=O)C1Cc2ccccc2C1)C1CCCCC1O. The molecule has 0 spiro atoms. The number of carbonyl (C=O) groups is 1. The summed E-state index contributed by atoms with van der Waals surface area (Å²) in [5.41, 5.74) is 2.62. The smallest absolute Gasteiger partial charge is 0.226 e. The molecule has 2 aliphatic carbocycles. The molecule has 1 saturated carbocycles. The zero-order chi connectivity index (χ0) is 14.1. The highest BCUT2D eigenvalue weighted by atomic mass is 16.3. The Morgan fingerprint density at radius 3 is 2.35 bits per heavy atom. The topological polar surface area (TPSA) is 40.5 Å². The van der Waals surface area contributed by atoms with Crippen LogP contribution in [0.4, 0.5) is 0 Å². The minimum atomic E-state index is -0.346. The highest BCUT2D eigenvalue weighted by Gasteiger charge is 2.35. The standard InChI is InChI=1S/C17H23NO2/c1-18(15-8-4-5-9-16(15)19)17(20)14-10-12-6-2-3-7-13(12)11-14/h2-3,6-7,14-16,19H,4-5,8-11H2,1H3. The fourth-order valence-corrected chi connectivity index (χ4v) is 3.73. The third-order valence-electron chi connectivity index (χ3n) is 4.94. The van der Waals surface area contributed by atoms with Crippen molar-refractivity contribution in [3.05, 3.63) is 35.4 Å². The van der Waals surface area contributed by atoms with E-state index in [1.807, 2.05) is 24.1 Å². The predicted molar refractivity (Wildman–Crippen MR) is 78.4 cm³/mol. The molecule has 1 aromatic rings. The van der Waals surface area contributed by atoms with Crippen molar-refractivity contribution < 1.29 is 9.90 Å². The van der Waals surface area contributed by atoms with Gasteiger partial charge < -0.3 is 10.0 Å². The van der Waals surface area contributed by atoms with Crippen molar-refractivity contribution in [1.82, 2.24) is 4.90 Å². The fourth-order valence-electron chi connectivity index (χ4n) is 3.73. The van der Waals surface area contributed by atoms with E-state index in [1.54, 1.807) is 0 Å². The first-order valence-corrected chi connectivity index (χ1v) is 7.68. The number of aliphatic hydroxyl groups excluding tert-OH is 1. The Kier molecular flexibility index (Phi) is 3.79. The van der Waals surface area contributed by atoms with Crippen molar-refractivity contribution in [1.29, 1.82) is 0 Å². The fraction of sp³-hybridized carbons (Fsp3) is 0.588. The molecular formula is C17H23NO2. The van der Waals surface area contributed by atoms with Crippen LogP contribution in [0, 0.1) is 5.92 Å². The molecule has 1 aromatic carbocycles. The van der Waals surface area contributed by atoms with E-state index >= 15 is 0 Å². The van der Waals surface area contributed by atoms with Crippen LogP contribution in [0.15, 0.2) is 24.3 Å². The van der Waals surface area contributed by atoms with Crippen LogP contribution in [-0.4, -0.2) is 35.1 Å². The molecule has 1 N–H and O–H groups in total. The molecule has 0 bridgehead atoms. The van der Waals surface area contributed by atoms with E-state index in [1.165, 1.54) is 11.1 Å². The van der Waals surface area contributed by atoms with Gasteiger partial charge in [-0.2, -0.15) is 0 Å². The predicted octanol–water partition coefficient (Wildman–Crippen LogP) is 2.16. The molecule has 3 heteroatoms. The van der Waals surface area contributed by atoms with Gasteiger partial charge in [0.1, 0.15) is 0 Å². The third kappa shape index (κ3) is 2.47. The van der Waals surface area contributed by atoms with Gasteiger partial charge in [0.2, 0.25) is 5.91 Å². The second-order valence-corrected chi connectivity index (χ2v) is 6.24. The highest BCUT2D eigenvalue weighted by molar-refractivity contribution is 5.80. The summed E-state index contributed by atoms with van der Waals surface area (Å²) in [5, 5.41) is 10.1. The molecule has 0 heterocycles. The van der Waals surface area contributed by atoms with E-state index in [0.717, 1.165) is 38.5 Å². The number of rotatable bonds is 2. The van der Waals surface area contributed by atoms with Crippen LogP contribution in [0.5, 0.6) is 0 Å². The number of amides is 1. The van der Waals surface area contributed by atoms with Gasteiger partial charge in [-0.3, -0.25) is 4.79 Å². The Bertz CT molecular complexity index is 475. The third-order valence-corrected chi connectivity index (χ3v) is 4.94. The molecule has 0 aliphatic heterocycles. The van der Waals surface area contributed by atoms with Gasteiger partial charge >= 0.3 is 0 Å². The first kappa shape index (κ1) is 13.6. The zero-order valence-electron chi connectivity index (χ0n) is 12.1. The van der Waals surface area contributed by atoms with E-state index in [0.29, 0.717) is 0 Å². The van der Waals surface area contributed by atoms with Crippen molar-refractivity contribution in [3.63, 3.8) is 0 Å². The van der Waals surface area contributed by atoms with Crippen molar-refractivity contribution in [2.24, 2.45) is 5.92 Å². The molecule has 3 nitrogen and oxygen atoms in total. The van der Waals surface area contributed by atoms with Gasteiger partial charge in [0, 0.05) is 13.0 Å². The lowest BCUT2D eigenvalue weighted by Crippen LogP contribution is -2.48. The maximum atomic E-state index is 12.7. The molecule has 1 amide bonds. The molecule has 0 aromatic heterocycles. The molecule has 20 heavy (non-hydrogen) atoms. The van der Waals surface area contributed by atoms with Crippen molar-refractivity contribution in [2.75, 3.05) is 7.05 Å². The van der Waals surface area contributed by atoms with Gasteiger partial charge in [0.05, 0.1) is 12.1 Å². The largest absolute Gasteiger partial charge is 0.391 e. The lowest BCUT2D eigenvalue weighted by atomic mass is 9.90. The summed E-state index contributed by atoms with van der Waals surface area (Å²) < 4.78 is 0. The number of carbonyl (C=O) groups excluding carboxylic acids is 1. The number of hydrogen-bond acceptors (Lipinski definition) is 2. The average Bonchev–Trinajstić information content (AvgIpc) is 2.90. The first-order valence-electron chi connectivity index (χ1n) is 7.68. The van der Waals surface area contributed by atoms with E-state index in [9.17, 15) is 9.90 Å². The Hall–Kier alpha value is -1.35. The number of nitrogens with zero attached hydrogens (tertiary/aromatic N) is 1. The van der Waals surface area contributed by atoms with Gasteiger partial charge in [-0.1, -0.05) is 37.1 Å². The van der Waals surface area contributed by atoms with Gasteiger partial charge in [-0.15, -0.1) is 0 Å². The summed E-state index contributed by atoms with van der Waals surface area (Å²) in [4.78, 5) is 14.5. The molecule has 2 unspecified atom stereocenters. The molecule has 2 aliphatic rings. The number of fused-ring (bicyclic) bond motifs is 1. The summed E-state index contributed by atoms with van der Waals surface area (Å²) in [7, 11) is 1.87. The zero-order valence-corrected chi connectivity index (χ0v) is 12.1. The monoisotopic (exact) mass is 273 g/mol. The van der Waals surface area contributed by atoms with Crippen LogP contribution >= 0.6 is 0 Å². The normalized spacial score (nSPS) is 26.3. The Morgan fingerprint density at radius 1 is 1.15 bits per heavy atom. The van der Waals surface area contributed by atoms with Crippen LogP contribution < -0.4 is 0 Å². The summed E-state index contributed by atoms with van der Waals surface area (Å²) in [6.45, 7) is 0. The summed E-state index contributed by atoms with van der Waals surface area (Å²) in [6, 6.07) is 8.34. The van der Waals surface area contributed by atoms with Crippen LogP contribution in [0.3, 0.4) is 0 Å². The maximum Gasteiger partial charge on any atom is 0.226 e. The summed E-state index contributed by atoms with van der Waals surface area (Å²) >= 11 is 0. The number of hydrogen-bond donors (Lipinski definition) is 1. The number of likely N-dealkylation sites (N-methyl/N-ethyl adjacent to an activating group) is 1. The molecule has 1 fully saturated rings. The van der Waals surface area contributed by atoms with Crippen LogP contribution in [0.1, 0.15) is 36.8 Å². The molecule has 0 radical (unpaired) electrons. The highest BCUT2D eigenvalue weighted by Crippen LogP contribution is 2.30. The lowest BCUT2D eigenvalue weighted by Gasteiger charge is -2.36. The van der Waals surface area contributed by atoms with Gasteiger partial charge in [0.25, 0.3) is 0 Å². The van der Waals surface area contributed by atoms with Crippen LogP contribution in [0.2, 0.25) is 0 Å². The second-order valence-electron chi connectivity index (χ2n) is 6.24. The van der Waals surface area contributed by atoms with Crippen molar-refractivity contribution in [3.8, 4) is 0 Å². The Labute approximate surface area is 120 Å². The molecule has 0 saturated heterocycles. The van der Waals surface area contributed by atoms with E-state index in [4.69, 9.17) is 0 Å². The van der Waals surface area contributed by atoms with Crippen molar-refractivity contribution in [2.45, 2.75) is 50.7 Å². The first-order chi connectivity index (χ1) is 9.66. The van der Waals surface area contributed by atoms with Gasteiger partial charge in [-0.25, -0.2) is 0 Å². The summed E-state index contributed by atoms with van der Waals surface area (Å²) in [5.74, 6) is 0.263. The quantitative estimate of drug-likeness (QED) is 0.897. The van der Waals surface area contributed by atoms with Gasteiger partial charge in [-0.05, 0) is 36.8 Å². The molecular weight excluding hydrogens is 250 g/mol. The van der Waals surface area contributed by atoms with E-state index in [-0.39, 0.29) is 24.0 Å². The number of aliphatic hydroxyl groups is 1. The van der Waals surface area contributed by atoms with Crippen molar-refractivity contribution >= 4 is 5.91 Å². The number of benzene rings is 1. The van der Waals surface area contributed by atoms with Crippen LogP contribution in [-0.2, 0) is 17.6 Å². The minimum absolute atomic E-state index is 0.0139. The summed E-state index contributed by atoms with van der Waals surface area (Å²) in [6.07, 6.45) is 5.31. The lowest BCUT2D eigenvalue weighted by molar-refractivity contribution is -0.139. The van der Waals surface area contributed by atoms with Gasteiger partial charge in [0.15, 0.2) is 0 Å². The van der Waals surface area contributed by atoms with E-state index in [2.05, 4.69) is 12.1 Å². The molecule has 2 atom stereocenters. The van der Waals surface area contributed by atoms with Crippen LogP contribution in [0.25, 0.3) is 0 Å².